The number of hydrogen-bond donors (Lipinski definition) is 2. The van der Waals surface area contributed by atoms with Gasteiger partial charge in [-0.15, -0.1) is 0 Å². The topological polar surface area (TPSA) is 54.7 Å². The molecule has 0 saturated heterocycles. The summed E-state index contributed by atoms with van der Waals surface area (Å²) in [5, 5.41) is 8.13. The number of hydrogen-bond acceptors (Lipinski definition) is 2. The standard InChI is InChI=1S/C11H10BrN3/c12-8-4-5-9-10(3-1-2-6-13)14-15-11(9)7-8/h4-5,7H,2,6,13H2,(H,14,15). The summed E-state index contributed by atoms with van der Waals surface area (Å²) in [6.07, 6.45) is 0.705. The van der Waals surface area contributed by atoms with E-state index in [0.717, 1.165) is 21.1 Å². The van der Waals surface area contributed by atoms with Crippen molar-refractivity contribution in [3.05, 3.63) is 28.4 Å². The third-order valence-corrected chi connectivity index (χ3v) is 2.49. The molecule has 76 valence electrons. The van der Waals surface area contributed by atoms with Gasteiger partial charge in [-0.1, -0.05) is 21.9 Å². The second kappa shape index (κ2) is 4.47. The molecule has 1 aromatic heterocycles. The van der Waals surface area contributed by atoms with Gasteiger partial charge in [0.2, 0.25) is 0 Å². The molecule has 0 aliphatic rings. The lowest BCUT2D eigenvalue weighted by molar-refractivity contribution is 1.03. The maximum absolute atomic E-state index is 5.37. The zero-order valence-corrected chi connectivity index (χ0v) is 9.63. The van der Waals surface area contributed by atoms with Crippen LogP contribution in [0.4, 0.5) is 0 Å². The number of aromatic nitrogens is 2. The second-order valence-corrected chi connectivity index (χ2v) is 4.02. The Kier molecular flexibility index (Phi) is 3.05. The number of aromatic amines is 1. The summed E-state index contributed by atoms with van der Waals surface area (Å²) >= 11 is 3.40. The number of nitrogens with two attached hydrogens (primary N) is 1. The molecule has 0 fully saturated rings. The van der Waals surface area contributed by atoms with Crippen molar-refractivity contribution in [2.75, 3.05) is 6.54 Å². The largest absolute Gasteiger partial charge is 0.330 e. The maximum Gasteiger partial charge on any atom is 0.115 e. The van der Waals surface area contributed by atoms with Crippen LogP contribution in [0.15, 0.2) is 22.7 Å². The van der Waals surface area contributed by atoms with Crippen LogP contribution in [0, 0.1) is 11.8 Å². The van der Waals surface area contributed by atoms with Crippen molar-refractivity contribution in [2.45, 2.75) is 6.42 Å². The highest BCUT2D eigenvalue weighted by atomic mass is 79.9. The van der Waals surface area contributed by atoms with Crippen LogP contribution < -0.4 is 5.73 Å². The molecule has 1 heterocycles. The zero-order chi connectivity index (χ0) is 10.7. The molecular formula is C11H10BrN3. The van der Waals surface area contributed by atoms with Gasteiger partial charge in [-0.2, -0.15) is 5.10 Å². The van der Waals surface area contributed by atoms with Crippen LogP contribution in [0.2, 0.25) is 0 Å². The van der Waals surface area contributed by atoms with Gasteiger partial charge < -0.3 is 5.73 Å². The Morgan fingerprint density at radius 3 is 3.13 bits per heavy atom. The monoisotopic (exact) mass is 263 g/mol. The molecule has 3 nitrogen and oxygen atoms in total. The molecule has 15 heavy (non-hydrogen) atoms. The average molecular weight is 264 g/mol. The lowest BCUT2D eigenvalue weighted by Crippen LogP contribution is -1.95. The minimum atomic E-state index is 0.588. The molecule has 2 rings (SSSR count). The third-order valence-electron chi connectivity index (χ3n) is 2.00. The van der Waals surface area contributed by atoms with Crippen molar-refractivity contribution >= 4 is 26.8 Å². The minimum absolute atomic E-state index is 0.588. The first-order valence-electron chi connectivity index (χ1n) is 4.64. The Morgan fingerprint density at radius 2 is 2.33 bits per heavy atom. The number of H-pyrrole nitrogens is 1. The number of halogens is 1. The van der Waals surface area contributed by atoms with E-state index in [1.54, 1.807) is 0 Å². The van der Waals surface area contributed by atoms with E-state index in [4.69, 9.17) is 5.73 Å². The van der Waals surface area contributed by atoms with Gasteiger partial charge in [-0.25, -0.2) is 0 Å². The lowest BCUT2D eigenvalue weighted by Gasteiger charge is -1.89. The molecule has 3 N–H and O–H groups in total. The molecule has 0 radical (unpaired) electrons. The first-order valence-corrected chi connectivity index (χ1v) is 5.43. The summed E-state index contributed by atoms with van der Waals surface area (Å²) < 4.78 is 1.02. The Morgan fingerprint density at radius 1 is 1.47 bits per heavy atom. The number of rotatable bonds is 1. The van der Waals surface area contributed by atoms with Crippen LogP contribution in [-0.2, 0) is 0 Å². The predicted molar refractivity (Wildman–Crippen MR) is 64.3 cm³/mol. The average Bonchev–Trinajstić information content (AvgIpc) is 2.61. The van der Waals surface area contributed by atoms with Crippen molar-refractivity contribution in [1.82, 2.24) is 10.2 Å². The van der Waals surface area contributed by atoms with Gasteiger partial charge in [-0.05, 0) is 24.1 Å². The van der Waals surface area contributed by atoms with E-state index in [0.29, 0.717) is 13.0 Å². The Balaban J connectivity index is 2.42. The summed E-state index contributed by atoms with van der Waals surface area (Å²) in [6.45, 7) is 0.588. The number of fused-ring (bicyclic) bond motifs is 1. The fraction of sp³-hybridized carbons (Fsp3) is 0.182. The summed E-state index contributed by atoms with van der Waals surface area (Å²) in [5.41, 5.74) is 7.14. The van der Waals surface area contributed by atoms with E-state index in [-0.39, 0.29) is 0 Å². The predicted octanol–water partition coefficient (Wildman–Crippen LogP) is 2.03. The van der Waals surface area contributed by atoms with Crippen molar-refractivity contribution in [3.8, 4) is 11.8 Å². The summed E-state index contributed by atoms with van der Waals surface area (Å²) in [4.78, 5) is 0. The molecule has 0 aliphatic heterocycles. The molecule has 4 heteroatoms. The van der Waals surface area contributed by atoms with E-state index in [1.807, 2.05) is 18.2 Å². The Bertz CT molecular complexity index is 533. The molecule has 0 amide bonds. The first-order chi connectivity index (χ1) is 7.31. The highest BCUT2D eigenvalue weighted by Gasteiger charge is 2.02. The van der Waals surface area contributed by atoms with Crippen LogP contribution in [0.5, 0.6) is 0 Å². The first kappa shape index (κ1) is 10.2. The smallest absolute Gasteiger partial charge is 0.115 e. The van der Waals surface area contributed by atoms with E-state index in [9.17, 15) is 0 Å². The SMILES string of the molecule is NCCC#Cc1[nH]nc2cc(Br)ccc12. The van der Waals surface area contributed by atoms with Gasteiger partial charge in [0.15, 0.2) is 0 Å². The van der Waals surface area contributed by atoms with Crippen molar-refractivity contribution < 1.29 is 0 Å². The van der Waals surface area contributed by atoms with Gasteiger partial charge in [0, 0.05) is 22.8 Å². The maximum atomic E-state index is 5.37. The highest BCUT2D eigenvalue weighted by Crippen LogP contribution is 2.19. The van der Waals surface area contributed by atoms with E-state index in [1.165, 1.54) is 0 Å². The fourth-order valence-electron chi connectivity index (χ4n) is 1.30. The van der Waals surface area contributed by atoms with Gasteiger partial charge in [-0.3, -0.25) is 5.10 Å². The van der Waals surface area contributed by atoms with Crippen molar-refractivity contribution in [2.24, 2.45) is 5.73 Å². The van der Waals surface area contributed by atoms with Crippen molar-refractivity contribution in [3.63, 3.8) is 0 Å². The van der Waals surface area contributed by atoms with Crippen LogP contribution in [0.1, 0.15) is 12.1 Å². The van der Waals surface area contributed by atoms with Crippen LogP contribution in [-0.4, -0.2) is 16.7 Å². The minimum Gasteiger partial charge on any atom is -0.330 e. The molecule has 0 aliphatic carbocycles. The van der Waals surface area contributed by atoms with Gasteiger partial charge >= 0.3 is 0 Å². The highest BCUT2D eigenvalue weighted by molar-refractivity contribution is 9.10. The Labute approximate surface area is 96.2 Å². The fourth-order valence-corrected chi connectivity index (χ4v) is 1.65. The molecule has 1 aromatic carbocycles. The summed E-state index contributed by atoms with van der Waals surface area (Å²) in [7, 11) is 0. The molecule has 0 saturated carbocycles. The number of nitrogens with zero attached hydrogens (tertiary/aromatic N) is 1. The molecule has 0 unspecified atom stereocenters. The second-order valence-electron chi connectivity index (χ2n) is 3.10. The quantitative estimate of drug-likeness (QED) is 0.774. The van der Waals surface area contributed by atoms with Gasteiger partial charge in [0.1, 0.15) is 5.69 Å². The Hall–Kier alpha value is -1.31. The zero-order valence-electron chi connectivity index (χ0n) is 8.05. The summed E-state index contributed by atoms with van der Waals surface area (Å²) in [6, 6.07) is 5.93. The molecule has 0 spiro atoms. The molecule has 0 bridgehead atoms. The van der Waals surface area contributed by atoms with Crippen LogP contribution >= 0.6 is 15.9 Å². The van der Waals surface area contributed by atoms with E-state index >= 15 is 0 Å². The van der Waals surface area contributed by atoms with Gasteiger partial charge in [0.05, 0.1) is 5.52 Å². The summed E-state index contributed by atoms with van der Waals surface area (Å²) in [5.74, 6) is 6.01. The van der Waals surface area contributed by atoms with Gasteiger partial charge in [0.25, 0.3) is 0 Å². The lowest BCUT2D eigenvalue weighted by atomic mass is 10.2. The molecule has 0 atom stereocenters. The molecule has 2 aromatic rings. The number of benzene rings is 1. The van der Waals surface area contributed by atoms with E-state index in [2.05, 4.69) is 38.0 Å². The van der Waals surface area contributed by atoms with Crippen LogP contribution in [0.3, 0.4) is 0 Å². The van der Waals surface area contributed by atoms with E-state index < -0.39 is 0 Å². The van der Waals surface area contributed by atoms with Crippen LogP contribution in [0.25, 0.3) is 10.9 Å². The van der Waals surface area contributed by atoms with Crippen molar-refractivity contribution in [1.29, 1.82) is 0 Å². The number of nitrogens with one attached hydrogen (secondary N) is 1. The molecular weight excluding hydrogens is 254 g/mol. The third kappa shape index (κ3) is 2.20. The normalized spacial score (nSPS) is 10.0.